The van der Waals surface area contributed by atoms with Crippen LogP contribution in [-0.4, -0.2) is 60.1 Å². The molecular weight excluding hydrogens is 450 g/mol. The van der Waals surface area contributed by atoms with Gasteiger partial charge in [-0.05, 0) is 53.0 Å². The second kappa shape index (κ2) is 13.1. The predicted octanol–water partition coefficient (Wildman–Crippen LogP) is 3.50. The lowest BCUT2D eigenvalue weighted by Crippen LogP contribution is -2.57. The van der Waals surface area contributed by atoms with Crippen molar-refractivity contribution in [1.29, 1.82) is 0 Å². The van der Waals surface area contributed by atoms with Crippen molar-refractivity contribution in [3.63, 3.8) is 0 Å². The van der Waals surface area contributed by atoms with Crippen LogP contribution < -0.4 is 10.6 Å². The molecule has 1 rings (SSSR count). The summed E-state index contributed by atoms with van der Waals surface area (Å²) in [6.45, 7) is 14.2. The lowest BCUT2D eigenvalue weighted by Gasteiger charge is -2.38. The van der Waals surface area contributed by atoms with Crippen molar-refractivity contribution in [2.45, 2.75) is 85.5 Å². The SMILES string of the molecule is CCC(C)C(NC(=O)OC(C)(C)C)C(=O)N(C(C)C)C(C(=O)NCC(=O)OC)c1cccc(C)c1. The summed E-state index contributed by atoms with van der Waals surface area (Å²) in [5, 5.41) is 5.29. The van der Waals surface area contributed by atoms with Crippen LogP contribution in [0.4, 0.5) is 4.79 Å². The van der Waals surface area contributed by atoms with Gasteiger partial charge in [0, 0.05) is 6.04 Å². The minimum atomic E-state index is -1.03. The van der Waals surface area contributed by atoms with Gasteiger partial charge in [-0.3, -0.25) is 14.4 Å². The van der Waals surface area contributed by atoms with Crippen LogP contribution in [0.2, 0.25) is 0 Å². The third kappa shape index (κ3) is 9.22. The molecule has 0 saturated carbocycles. The molecule has 3 atom stereocenters. The van der Waals surface area contributed by atoms with E-state index in [2.05, 4.69) is 15.4 Å². The molecule has 0 saturated heterocycles. The topological polar surface area (TPSA) is 114 Å². The van der Waals surface area contributed by atoms with Gasteiger partial charge in [0.05, 0.1) is 7.11 Å². The lowest BCUT2D eigenvalue weighted by atomic mass is 9.94. The Labute approximate surface area is 208 Å². The first kappa shape index (κ1) is 29.9. The highest BCUT2D eigenvalue weighted by Gasteiger charge is 2.39. The van der Waals surface area contributed by atoms with Crippen molar-refractivity contribution < 1.29 is 28.7 Å². The van der Waals surface area contributed by atoms with Crippen LogP contribution in [0.5, 0.6) is 0 Å². The van der Waals surface area contributed by atoms with E-state index in [4.69, 9.17) is 4.74 Å². The Morgan fingerprint density at radius 3 is 2.20 bits per heavy atom. The van der Waals surface area contributed by atoms with Crippen LogP contribution >= 0.6 is 0 Å². The Kier molecular flexibility index (Phi) is 11.2. The molecule has 0 bridgehead atoms. The average Bonchev–Trinajstić information content (AvgIpc) is 2.76. The highest BCUT2D eigenvalue weighted by atomic mass is 16.6. The number of ether oxygens (including phenoxy) is 2. The highest BCUT2D eigenvalue weighted by molar-refractivity contribution is 5.93. The lowest BCUT2D eigenvalue weighted by molar-refractivity contribution is -0.146. The number of alkyl carbamates (subject to hydrolysis) is 1. The van der Waals surface area contributed by atoms with Gasteiger partial charge >= 0.3 is 12.1 Å². The summed E-state index contributed by atoms with van der Waals surface area (Å²) in [6, 6.07) is 4.93. The summed E-state index contributed by atoms with van der Waals surface area (Å²) in [5.41, 5.74) is 0.771. The van der Waals surface area contributed by atoms with Crippen molar-refractivity contribution in [3.05, 3.63) is 35.4 Å². The number of hydrogen-bond acceptors (Lipinski definition) is 6. The molecule has 0 fully saturated rings. The van der Waals surface area contributed by atoms with Crippen molar-refractivity contribution >= 4 is 23.9 Å². The van der Waals surface area contributed by atoms with E-state index in [1.54, 1.807) is 46.8 Å². The smallest absolute Gasteiger partial charge is 0.408 e. The molecule has 1 aromatic rings. The van der Waals surface area contributed by atoms with Crippen molar-refractivity contribution in [1.82, 2.24) is 15.5 Å². The standard InChI is InChI=1S/C26H41N3O6/c1-10-18(5)21(28-25(33)35-26(6,7)8)24(32)29(16(2)3)22(19-13-11-12-17(4)14-19)23(31)27-15-20(30)34-9/h11-14,16,18,21-22H,10,15H2,1-9H3,(H,27,31)(H,28,33). The minimum absolute atomic E-state index is 0.229. The largest absolute Gasteiger partial charge is 0.468 e. The summed E-state index contributed by atoms with van der Waals surface area (Å²) in [4.78, 5) is 53.0. The van der Waals surface area contributed by atoms with E-state index in [0.717, 1.165) is 5.56 Å². The Morgan fingerprint density at radius 1 is 1.09 bits per heavy atom. The van der Waals surface area contributed by atoms with Crippen LogP contribution in [0.15, 0.2) is 24.3 Å². The Bertz CT molecular complexity index is 893. The molecular formula is C26H41N3O6. The first-order chi connectivity index (χ1) is 16.2. The zero-order valence-corrected chi connectivity index (χ0v) is 22.4. The van der Waals surface area contributed by atoms with E-state index in [9.17, 15) is 19.2 Å². The molecule has 0 aliphatic carbocycles. The predicted molar refractivity (Wildman–Crippen MR) is 134 cm³/mol. The van der Waals surface area contributed by atoms with Crippen LogP contribution in [0, 0.1) is 12.8 Å². The molecule has 0 heterocycles. The van der Waals surface area contributed by atoms with E-state index in [1.165, 1.54) is 12.0 Å². The maximum Gasteiger partial charge on any atom is 0.408 e. The molecule has 0 aliphatic rings. The molecule has 3 unspecified atom stereocenters. The third-order valence-electron chi connectivity index (χ3n) is 5.48. The van der Waals surface area contributed by atoms with Gasteiger partial charge in [-0.2, -0.15) is 0 Å². The average molecular weight is 492 g/mol. The number of nitrogens with one attached hydrogen (secondary N) is 2. The number of nitrogens with zero attached hydrogens (tertiary/aromatic N) is 1. The fourth-order valence-electron chi connectivity index (χ4n) is 3.56. The Balaban J connectivity index is 3.47. The molecule has 0 spiro atoms. The maximum absolute atomic E-state index is 14.0. The molecule has 9 heteroatoms. The Morgan fingerprint density at radius 2 is 1.71 bits per heavy atom. The van der Waals surface area contributed by atoms with E-state index in [-0.39, 0.29) is 12.5 Å². The first-order valence-electron chi connectivity index (χ1n) is 11.9. The molecule has 196 valence electrons. The number of esters is 1. The number of benzene rings is 1. The maximum atomic E-state index is 14.0. The van der Waals surface area contributed by atoms with Crippen molar-refractivity contribution in [3.8, 4) is 0 Å². The number of amides is 3. The molecule has 3 amide bonds. The molecule has 0 aliphatic heterocycles. The summed E-state index contributed by atoms with van der Waals surface area (Å²) >= 11 is 0. The van der Waals surface area contributed by atoms with Crippen LogP contribution in [0.3, 0.4) is 0 Å². The number of rotatable bonds is 10. The summed E-state index contributed by atoms with van der Waals surface area (Å²) in [5.74, 6) is -1.77. The van der Waals surface area contributed by atoms with E-state index in [1.807, 2.05) is 32.9 Å². The number of hydrogen-bond donors (Lipinski definition) is 2. The molecule has 2 N–H and O–H groups in total. The summed E-state index contributed by atoms with van der Waals surface area (Å²) in [6.07, 6.45) is -0.0935. The number of methoxy groups -OCH3 is 1. The number of carbonyl (C=O) groups is 4. The molecule has 0 aromatic heterocycles. The monoisotopic (exact) mass is 491 g/mol. The molecule has 35 heavy (non-hydrogen) atoms. The van der Waals surface area contributed by atoms with Gasteiger partial charge in [0.1, 0.15) is 24.2 Å². The zero-order chi connectivity index (χ0) is 26.9. The van der Waals surface area contributed by atoms with Crippen molar-refractivity contribution in [2.75, 3.05) is 13.7 Å². The van der Waals surface area contributed by atoms with Crippen molar-refractivity contribution in [2.24, 2.45) is 5.92 Å². The molecule has 1 aromatic carbocycles. The van der Waals surface area contributed by atoms with E-state index < -0.39 is 47.6 Å². The van der Waals surface area contributed by atoms with Gasteiger partial charge in [-0.25, -0.2) is 4.79 Å². The number of carbonyl (C=O) groups excluding carboxylic acids is 4. The summed E-state index contributed by atoms with van der Waals surface area (Å²) < 4.78 is 10.0. The highest BCUT2D eigenvalue weighted by Crippen LogP contribution is 2.27. The normalized spacial score (nSPS) is 13.9. The quantitative estimate of drug-likeness (QED) is 0.484. The van der Waals surface area contributed by atoms with E-state index >= 15 is 0 Å². The molecule has 9 nitrogen and oxygen atoms in total. The fraction of sp³-hybridized carbons (Fsp3) is 0.615. The van der Waals surface area contributed by atoms with Crippen LogP contribution in [0.25, 0.3) is 0 Å². The van der Waals surface area contributed by atoms with E-state index in [0.29, 0.717) is 12.0 Å². The van der Waals surface area contributed by atoms with Gasteiger partial charge in [-0.1, -0.05) is 50.1 Å². The van der Waals surface area contributed by atoms with Gasteiger partial charge < -0.3 is 25.0 Å². The van der Waals surface area contributed by atoms with Gasteiger partial charge in [0.2, 0.25) is 11.8 Å². The summed E-state index contributed by atoms with van der Waals surface area (Å²) in [7, 11) is 1.23. The van der Waals surface area contributed by atoms with Crippen LogP contribution in [0.1, 0.15) is 72.1 Å². The number of aryl methyl sites for hydroxylation is 1. The first-order valence-corrected chi connectivity index (χ1v) is 11.9. The second-order valence-electron chi connectivity index (χ2n) is 9.96. The van der Waals surface area contributed by atoms with Gasteiger partial charge in [0.25, 0.3) is 0 Å². The van der Waals surface area contributed by atoms with Crippen LogP contribution in [-0.2, 0) is 23.9 Å². The Hall–Kier alpha value is -3.10. The zero-order valence-electron chi connectivity index (χ0n) is 22.4. The fourth-order valence-corrected chi connectivity index (χ4v) is 3.56. The molecule has 0 radical (unpaired) electrons. The third-order valence-corrected chi connectivity index (χ3v) is 5.48. The van der Waals surface area contributed by atoms with Gasteiger partial charge in [0.15, 0.2) is 0 Å². The minimum Gasteiger partial charge on any atom is -0.468 e. The van der Waals surface area contributed by atoms with Gasteiger partial charge in [-0.15, -0.1) is 0 Å². The second-order valence-corrected chi connectivity index (χ2v) is 9.96.